The highest BCUT2D eigenvalue weighted by Gasteiger charge is 2.43. The molecule has 0 bridgehead atoms. The third kappa shape index (κ3) is 2.35. The molecule has 1 unspecified atom stereocenters. The molecule has 4 rings (SSSR count). The lowest BCUT2D eigenvalue weighted by atomic mass is 10.2. The van der Waals surface area contributed by atoms with Gasteiger partial charge < -0.3 is 9.47 Å². The van der Waals surface area contributed by atoms with Crippen LogP contribution in [-0.4, -0.2) is 59.4 Å². The molecule has 4 heterocycles. The molecule has 0 amide bonds. The molecule has 23 heavy (non-hydrogen) atoms. The number of sulfonamides is 1. The van der Waals surface area contributed by atoms with E-state index >= 15 is 0 Å². The Labute approximate surface area is 134 Å². The van der Waals surface area contributed by atoms with E-state index in [1.807, 2.05) is 0 Å². The number of ether oxygens (including phenoxy) is 2. The lowest BCUT2D eigenvalue weighted by Crippen LogP contribution is -2.43. The highest BCUT2D eigenvalue weighted by molar-refractivity contribution is 7.89. The Hall–Kier alpha value is -1.55. The van der Waals surface area contributed by atoms with E-state index < -0.39 is 16.3 Å². The maximum Gasteiger partial charge on any atom is 0.249 e. The average molecular weight is 338 g/mol. The molecule has 0 aliphatic carbocycles. The molecule has 2 aliphatic rings. The summed E-state index contributed by atoms with van der Waals surface area (Å²) in [5, 5.41) is 4.26. The van der Waals surface area contributed by atoms with Crippen molar-refractivity contribution in [1.82, 2.24) is 18.9 Å². The van der Waals surface area contributed by atoms with Gasteiger partial charge in [-0.15, -0.1) is 0 Å². The molecule has 0 radical (unpaired) electrons. The first-order valence-corrected chi connectivity index (χ1v) is 9.08. The van der Waals surface area contributed by atoms with Gasteiger partial charge in [-0.3, -0.25) is 0 Å². The van der Waals surface area contributed by atoms with Crippen molar-refractivity contribution < 1.29 is 17.9 Å². The first kappa shape index (κ1) is 15.0. The molecule has 0 N–H and O–H groups in total. The first-order valence-electron chi connectivity index (χ1n) is 7.64. The average Bonchev–Trinajstić information content (AvgIpc) is 3.25. The summed E-state index contributed by atoms with van der Waals surface area (Å²) < 4.78 is 40.5. The molecular formula is C14H18N4O4S. The Morgan fingerprint density at radius 2 is 2.09 bits per heavy atom. The van der Waals surface area contributed by atoms with Gasteiger partial charge in [-0.1, -0.05) is 0 Å². The smallest absolute Gasteiger partial charge is 0.249 e. The van der Waals surface area contributed by atoms with Crippen LogP contribution in [0, 0.1) is 6.92 Å². The number of fused-ring (bicyclic) bond motifs is 1. The van der Waals surface area contributed by atoms with Gasteiger partial charge in [0.25, 0.3) is 0 Å². The van der Waals surface area contributed by atoms with Crippen LogP contribution in [-0.2, 0) is 19.5 Å². The van der Waals surface area contributed by atoms with E-state index in [0.717, 1.165) is 12.8 Å². The number of aromatic nitrogens is 3. The molecule has 1 atom stereocenters. The van der Waals surface area contributed by atoms with E-state index in [-0.39, 0.29) is 10.9 Å². The lowest BCUT2D eigenvalue weighted by Gasteiger charge is -2.27. The predicted octanol–water partition coefficient (Wildman–Crippen LogP) is 0.564. The van der Waals surface area contributed by atoms with Crippen LogP contribution >= 0.6 is 0 Å². The van der Waals surface area contributed by atoms with Crippen LogP contribution in [0.4, 0.5) is 0 Å². The lowest BCUT2D eigenvalue weighted by molar-refractivity contribution is -0.0768. The van der Waals surface area contributed by atoms with Gasteiger partial charge in [0.05, 0.1) is 24.9 Å². The Morgan fingerprint density at radius 1 is 1.30 bits per heavy atom. The zero-order valence-electron chi connectivity index (χ0n) is 12.8. The van der Waals surface area contributed by atoms with Crippen molar-refractivity contribution in [1.29, 1.82) is 0 Å². The van der Waals surface area contributed by atoms with Crippen molar-refractivity contribution in [2.45, 2.75) is 37.0 Å². The summed E-state index contributed by atoms with van der Waals surface area (Å²) in [7, 11) is -3.71. The SMILES string of the molecule is Cc1nn2cccnc2c1S(=O)(=O)N1CCCC1C1OCCO1. The molecule has 2 aromatic rings. The van der Waals surface area contributed by atoms with E-state index in [1.165, 1.54) is 8.82 Å². The monoisotopic (exact) mass is 338 g/mol. The highest BCUT2D eigenvalue weighted by atomic mass is 32.2. The molecule has 2 saturated heterocycles. The molecule has 0 saturated carbocycles. The Kier molecular flexibility index (Phi) is 3.60. The zero-order valence-corrected chi connectivity index (χ0v) is 13.6. The minimum atomic E-state index is -3.71. The minimum Gasteiger partial charge on any atom is -0.349 e. The number of hydrogen-bond acceptors (Lipinski definition) is 6. The second kappa shape index (κ2) is 5.52. The molecule has 0 spiro atoms. The van der Waals surface area contributed by atoms with E-state index in [1.54, 1.807) is 25.4 Å². The minimum absolute atomic E-state index is 0.169. The molecule has 2 aromatic heterocycles. The van der Waals surface area contributed by atoms with Crippen molar-refractivity contribution in [2.24, 2.45) is 0 Å². The van der Waals surface area contributed by atoms with Gasteiger partial charge in [0.2, 0.25) is 10.0 Å². The summed E-state index contributed by atoms with van der Waals surface area (Å²) in [5.74, 6) is 0. The summed E-state index contributed by atoms with van der Waals surface area (Å²) in [5.41, 5.74) is 0.798. The highest BCUT2D eigenvalue weighted by Crippen LogP contribution is 2.32. The molecule has 0 aromatic carbocycles. The van der Waals surface area contributed by atoms with Crippen LogP contribution in [0.3, 0.4) is 0 Å². The van der Waals surface area contributed by atoms with Gasteiger partial charge in [0.15, 0.2) is 11.9 Å². The van der Waals surface area contributed by atoms with Gasteiger partial charge in [-0.05, 0) is 25.8 Å². The molecule has 2 fully saturated rings. The third-order valence-corrected chi connectivity index (χ3v) is 6.36. The summed E-state index contributed by atoms with van der Waals surface area (Å²) in [6.07, 6.45) is 4.30. The van der Waals surface area contributed by atoms with Crippen molar-refractivity contribution in [2.75, 3.05) is 19.8 Å². The number of nitrogens with zero attached hydrogens (tertiary/aromatic N) is 4. The molecular weight excluding hydrogens is 320 g/mol. The van der Waals surface area contributed by atoms with E-state index in [9.17, 15) is 8.42 Å². The van der Waals surface area contributed by atoms with Crippen LogP contribution < -0.4 is 0 Å². The van der Waals surface area contributed by atoms with Gasteiger partial charge in [-0.2, -0.15) is 9.40 Å². The molecule has 8 nitrogen and oxygen atoms in total. The summed E-state index contributed by atoms with van der Waals surface area (Å²) in [6, 6.07) is 1.43. The van der Waals surface area contributed by atoms with Crippen molar-refractivity contribution in [3.8, 4) is 0 Å². The van der Waals surface area contributed by atoms with Gasteiger partial charge in [-0.25, -0.2) is 17.9 Å². The Morgan fingerprint density at radius 3 is 2.87 bits per heavy atom. The number of aryl methyl sites for hydroxylation is 1. The Bertz CT molecular complexity index is 828. The fraction of sp³-hybridized carbons (Fsp3) is 0.571. The van der Waals surface area contributed by atoms with Gasteiger partial charge >= 0.3 is 0 Å². The first-order chi connectivity index (χ1) is 11.1. The topological polar surface area (TPSA) is 86.0 Å². The van der Waals surface area contributed by atoms with Crippen LogP contribution in [0.2, 0.25) is 0 Å². The fourth-order valence-corrected chi connectivity index (χ4v) is 5.29. The van der Waals surface area contributed by atoms with Crippen molar-refractivity contribution in [3.63, 3.8) is 0 Å². The van der Waals surface area contributed by atoms with Crippen LogP contribution in [0.25, 0.3) is 5.65 Å². The van der Waals surface area contributed by atoms with E-state index in [0.29, 0.717) is 31.1 Å². The van der Waals surface area contributed by atoms with Crippen molar-refractivity contribution in [3.05, 3.63) is 24.2 Å². The normalized spacial score (nSPS) is 24.0. The largest absolute Gasteiger partial charge is 0.349 e. The second-order valence-electron chi connectivity index (χ2n) is 5.74. The van der Waals surface area contributed by atoms with E-state index in [2.05, 4.69) is 10.1 Å². The second-order valence-corrected chi connectivity index (χ2v) is 7.57. The molecule has 2 aliphatic heterocycles. The predicted molar refractivity (Wildman–Crippen MR) is 80.3 cm³/mol. The Balaban J connectivity index is 1.78. The molecule has 9 heteroatoms. The van der Waals surface area contributed by atoms with Crippen LogP contribution in [0.5, 0.6) is 0 Å². The van der Waals surface area contributed by atoms with Gasteiger partial charge in [0.1, 0.15) is 4.90 Å². The fourth-order valence-electron chi connectivity index (χ4n) is 3.33. The standard InChI is InChI=1S/C14H18N4O4S/c1-10-12(13-15-5-3-6-17(13)16-10)23(19,20)18-7-2-4-11(18)14-21-8-9-22-14/h3,5-6,11,14H,2,4,7-9H2,1H3. The maximum atomic E-state index is 13.2. The quantitative estimate of drug-likeness (QED) is 0.813. The third-order valence-electron chi connectivity index (χ3n) is 4.29. The summed E-state index contributed by atoms with van der Waals surface area (Å²) in [6.45, 7) is 3.16. The van der Waals surface area contributed by atoms with Crippen LogP contribution in [0.15, 0.2) is 23.4 Å². The molecule has 124 valence electrons. The van der Waals surface area contributed by atoms with Gasteiger partial charge in [0, 0.05) is 18.9 Å². The van der Waals surface area contributed by atoms with Crippen molar-refractivity contribution >= 4 is 15.7 Å². The van der Waals surface area contributed by atoms with E-state index in [4.69, 9.17) is 9.47 Å². The zero-order chi connectivity index (χ0) is 16.0. The summed E-state index contributed by atoms with van der Waals surface area (Å²) >= 11 is 0. The summed E-state index contributed by atoms with van der Waals surface area (Å²) in [4.78, 5) is 4.36. The number of hydrogen-bond donors (Lipinski definition) is 0. The van der Waals surface area contributed by atoms with Crippen LogP contribution in [0.1, 0.15) is 18.5 Å². The number of rotatable bonds is 3. The maximum absolute atomic E-state index is 13.2.